The number of nitrogens with zero attached hydrogens (tertiary/aromatic N) is 3. The first kappa shape index (κ1) is 19.5. The van der Waals surface area contributed by atoms with Crippen molar-refractivity contribution in [1.29, 1.82) is 0 Å². The maximum atomic E-state index is 12.9. The van der Waals surface area contributed by atoms with Crippen LogP contribution in [0.5, 0.6) is 0 Å². The van der Waals surface area contributed by atoms with Crippen molar-refractivity contribution in [3.05, 3.63) is 59.1 Å². The van der Waals surface area contributed by atoms with Gasteiger partial charge in [0.1, 0.15) is 5.82 Å². The molecule has 0 aliphatic carbocycles. The number of ether oxygens (including phenoxy) is 1. The van der Waals surface area contributed by atoms with Gasteiger partial charge in [-0.1, -0.05) is 38.1 Å². The van der Waals surface area contributed by atoms with Gasteiger partial charge in [0.25, 0.3) is 5.91 Å². The molecule has 3 heterocycles. The van der Waals surface area contributed by atoms with Crippen molar-refractivity contribution >= 4 is 28.2 Å². The molecule has 1 fully saturated rings. The number of carbonyl (C=O) groups excluding carboxylic acids is 1. The summed E-state index contributed by atoms with van der Waals surface area (Å²) in [7, 11) is 0. The van der Waals surface area contributed by atoms with Gasteiger partial charge in [0.05, 0.1) is 24.5 Å². The summed E-state index contributed by atoms with van der Waals surface area (Å²) < 4.78 is 5.40. The summed E-state index contributed by atoms with van der Waals surface area (Å²) in [5.41, 5.74) is 3.75. The van der Waals surface area contributed by atoms with E-state index in [1.165, 1.54) is 16.9 Å². The SMILES string of the molecule is CC(C)c1ccc(-c2csc(NC(=O)c3cccnc3N3CCOCC3)n2)cc1. The van der Waals surface area contributed by atoms with E-state index in [1.807, 2.05) is 5.38 Å². The van der Waals surface area contributed by atoms with E-state index in [0.717, 1.165) is 24.3 Å². The molecule has 0 saturated carbocycles. The predicted octanol–water partition coefficient (Wildman–Crippen LogP) is 4.42. The van der Waals surface area contributed by atoms with E-state index in [9.17, 15) is 4.79 Å². The van der Waals surface area contributed by atoms with Crippen LogP contribution in [-0.2, 0) is 4.74 Å². The third kappa shape index (κ3) is 4.46. The minimum Gasteiger partial charge on any atom is -0.378 e. The van der Waals surface area contributed by atoms with Crippen LogP contribution in [0, 0.1) is 0 Å². The molecule has 3 aromatic rings. The van der Waals surface area contributed by atoms with Gasteiger partial charge in [-0.3, -0.25) is 10.1 Å². The molecule has 0 radical (unpaired) electrons. The van der Waals surface area contributed by atoms with Gasteiger partial charge in [0, 0.05) is 30.2 Å². The van der Waals surface area contributed by atoms with Crippen molar-refractivity contribution in [2.75, 3.05) is 36.5 Å². The summed E-state index contributed by atoms with van der Waals surface area (Å²) in [5.74, 6) is 0.986. The lowest BCUT2D eigenvalue weighted by Crippen LogP contribution is -2.38. The highest BCUT2D eigenvalue weighted by Crippen LogP contribution is 2.27. The summed E-state index contributed by atoms with van der Waals surface area (Å²) in [4.78, 5) is 24.0. The smallest absolute Gasteiger partial charge is 0.261 e. The lowest BCUT2D eigenvalue weighted by molar-refractivity contribution is 0.102. The lowest BCUT2D eigenvalue weighted by atomic mass is 10.0. The van der Waals surface area contributed by atoms with Crippen LogP contribution >= 0.6 is 11.3 Å². The first-order valence-corrected chi connectivity index (χ1v) is 10.6. The first-order chi connectivity index (χ1) is 14.1. The number of hydrogen-bond acceptors (Lipinski definition) is 6. The summed E-state index contributed by atoms with van der Waals surface area (Å²) in [6, 6.07) is 12.0. The van der Waals surface area contributed by atoms with E-state index in [4.69, 9.17) is 4.74 Å². The molecule has 6 nitrogen and oxygen atoms in total. The molecule has 1 aliphatic rings. The zero-order valence-electron chi connectivity index (χ0n) is 16.6. The fourth-order valence-corrected chi connectivity index (χ4v) is 3.98. The van der Waals surface area contributed by atoms with Crippen LogP contribution in [0.4, 0.5) is 10.9 Å². The molecule has 7 heteroatoms. The van der Waals surface area contributed by atoms with E-state index < -0.39 is 0 Å². The van der Waals surface area contributed by atoms with Crippen molar-refractivity contribution < 1.29 is 9.53 Å². The fraction of sp³-hybridized carbons (Fsp3) is 0.318. The number of hydrogen-bond donors (Lipinski definition) is 1. The van der Waals surface area contributed by atoms with Gasteiger partial charge in [-0.05, 0) is 23.6 Å². The number of carbonyl (C=O) groups is 1. The largest absolute Gasteiger partial charge is 0.378 e. The zero-order chi connectivity index (χ0) is 20.2. The van der Waals surface area contributed by atoms with E-state index in [2.05, 4.69) is 58.3 Å². The monoisotopic (exact) mass is 408 g/mol. The number of benzene rings is 1. The van der Waals surface area contributed by atoms with Gasteiger partial charge < -0.3 is 9.64 Å². The summed E-state index contributed by atoms with van der Waals surface area (Å²) in [5, 5.41) is 5.47. The number of pyridine rings is 1. The predicted molar refractivity (Wildman–Crippen MR) is 117 cm³/mol. The van der Waals surface area contributed by atoms with E-state index >= 15 is 0 Å². The van der Waals surface area contributed by atoms with E-state index in [0.29, 0.717) is 35.6 Å². The topological polar surface area (TPSA) is 67.4 Å². The first-order valence-electron chi connectivity index (χ1n) is 9.77. The zero-order valence-corrected chi connectivity index (χ0v) is 17.4. The van der Waals surface area contributed by atoms with E-state index in [1.54, 1.807) is 18.3 Å². The molecule has 1 amide bonds. The standard InChI is InChI=1S/C22H24N4O2S/c1-15(2)16-5-7-17(8-6-16)19-14-29-22(24-19)25-21(27)18-4-3-9-23-20(18)26-10-12-28-13-11-26/h3-9,14-15H,10-13H2,1-2H3,(H,24,25,27). The van der Waals surface area contributed by atoms with Crippen molar-refractivity contribution in [1.82, 2.24) is 9.97 Å². The highest BCUT2D eigenvalue weighted by Gasteiger charge is 2.20. The van der Waals surface area contributed by atoms with E-state index in [-0.39, 0.29) is 5.91 Å². The Labute approximate surface area is 174 Å². The Morgan fingerprint density at radius 1 is 1.17 bits per heavy atom. The maximum absolute atomic E-state index is 12.9. The molecule has 4 rings (SSSR count). The average Bonchev–Trinajstić information content (AvgIpc) is 3.23. The average molecular weight is 409 g/mol. The van der Waals surface area contributed by atoms with Crippen LogP contribution in [0.2, 0.25) is 0 Å². The number of anilines is 2. The number of rotatable bonds is 5. The molecule has 1 N–H and O–H groups in total. The van der Waals surface area contributed by atoms with Crippen LogP contribution in [0.15, 0.2) is 48.0 Å². The summed E-state index contributed by atoms with van der Waals surface area (Å²) in [6.45, 7) is 7.09. The molecule has 0 bridgehead atoms. The van der Waals surface area contributed by atoms with Crippen molar-refractivity contribution in [2.45, 2.75) is 19.8 Å². The molecular weight excluding hydrogens is 384 g/mol. The number of amides is 1. The Morgan fingerprint density at radius 3 is 2.66 bits per heavy atom. The van der Waals surface area contributed by atoms with Crippen LogP contribution < -0.4 is 10.2 Å². The van der Waals surface area contributed by atoms with Crippen molar-refractivity contribution in [2.24, 2.45) is 0 Å². The van der Waals surface area contributed by atoms with Gasteiger partial charge >= 0.3 is 0 Å². The lowest BCUT2D eigenvalue weighted by Gasteiger charge is -2.29. The molecule has 1 aliphatic heterocycles. The molecule has 1 aromatic carbocycles. The molecule has 0 unspecified atom stereocenters. The van der Waals surface area contributed by atoms with Crippen LogP contribution in [0.3, 0.4) is 0 Å². The summed E-state index contributed by atoms with van der Waals surface area (Å²) in [6.07, 6.45) is 1.71. The minimum absolute atomic E-state index is 0.198. The Hall–Kier alpha value is -2.77. The summed E-state index contributed by atoms with van der Waals surface area (Å²) >= 11 is 1.42. The number of nitrogens with one attached hydrogen (secondary N) is 1. The van der Waals surface area contributed by atoms with Crippen LogP contribution in [0.25, 0.3) is 11.3 Å². The third-order valence-corrected chi connectivity index (χ3v) is 5.70. The molecular formula is C22H24N4O2S. The molecule has 0 atom stereocenters. The number of morpholine rings is 1. The second-order valence-electron chi connectivity index (χ2n) is 7.24. The highest BCUT2D eigenvalue weighted by molar-refractivity contribution is 7.14. The maximum Gasteiger partial charge on any atom is 0.261 e. The van der Waals surface area contributed by atoms with Crippen molar-refractivity contribution in [3.63, 3.8) is 0 Å². The molecule has 29 heavy (non-hydrogen) atoms. The van der Waals surface area contributed by atoms with Gasteiger partial charge in [-0.25, -0.2) is 9.97 Å². The minimum atomic E-state index is -0.198. The normalized spacial score (nSPS) is 14.2. The van der Waals surface area contributed by atoms with Gasteiger partial charge in [-0.15, -0.1) is 11.3 Å². The van der Waals surface area contributed by atoms with Gasteiger partial charge in [-0.2, -0.15) is 0 Å². The second-order valence-corrected chi connectivity index (χ2v) is 8.10. The third-order valence-electron chi connectivity index (χ3n) is 4.94. The molecule has 1 saturated heterocycles. The van der Waals surface area contributed by atoms with Crippen LogP contribution in [-0.4, -0.2) is 42.2 Å². The highest BCUT2D eigenvalue weighted by atomic mass is 32.1. The quantitative estimate of drug-likeness (QED) is 0.677. The Balaban J connectivity index is 1.50. The fourth-order valence-electron chi connectivity index (χ4n) is 3.27. The number of aromatic nitrogens is 2. The Morgan fingerprint density at radius 2 is 1.93 bits per heavy atom. The second kappa shape index (κ2) is 8.71. The Bertz CT molecular complexity index is 978. The van der Waals surface area contributed by atoms with Gasteiger partial charge in [0.2, 0.25) is 0 Å². The van der Waals surface area contributed by atoms with Crippen LogP contribution in [0.1, 0.15) is 35.7 Å². The Kier molecular flexibility index (Phi) is 5.87. The number of thiazole rings is 1. The van der Waals surface area contributed by atoms with Crippen molar-refractivity contribution in [3.8, 4) is 11.3 Å². The molecule has 2 aromatic heterocycles. The van der Waals surface area contributed by atoms with Gasteiger partial charge in [0.15, 0.2) is 5.13 Å². The molecule has 150 valence electrons. The molecule has 0 spiro atoms.